The Kier molecular flexibility index (Phi) is 6.08. The predicted molar refractivity (Wildman–Crippen MR) is 199 cm³/mol. The van der Waals surface area contributed by atoms with Gasteiger partial charge in [0, 0.05) is 44.6 Å². The molecule has 0 spiro atoms. The zero-order valence-corrected chi connectivity index (χ0v) is 26.3. The van der Waals surface area contributed by atoms with Crippen LogP contribution in [0.1, 0.15) is 0 Å². The molecule has 10 aromatic rings. The molecule has 10 rings (SSSR count). The number of nitrogens with one attached hydrogen (secondary N) is 1. The van der Waals surface area contributed by atoms with E-state index < -0.39 is 0 Å². The van der Waals surface area contributed by atoms with Crippen molar-refractivity contribution in [2.24, 2.45) is 0 Å². The summed E-state index contributed by atoms with van der Waals surface area (Å²) >= 11 is 0. The van der Waals surface area contributed by atoms with Crippen LogP contribution < -0.4 is 0 Å². The van der Waals surface area contributed by atoms with E-state index in [-0.39, 0.29) is 0 Å². The number of aromatic nitrogens is 6. The molecule has 0 radical (unpaired) electrons. The van der Waals surface area contributed by atoms with Crippen molar-refractivity contribution in [2.75, 3.05) is 0 Å². The summed E-state index contributed by atoms with van der Waals surface area (Å²) < 4.78 is 4.71. The van der Waals surface area contributed by atoms with E-state index in [2.05, 4.69) is 111 Å². The molecule has 0 aliphatic heterocycles. The van der Waals surface area contributed by atoms with Crippen LogP contribution in [0.4, 0.5) is 0 Å². The lowest BCUT2D eigenvalue weighted by Gasteiger charge is -2.09. The van der Waals surface area contributed by atoms with E-state index in [1.165, 1.54) is 27.1 Å². The van der Waals surface area contributed by atoms with Crippen molar-refractivity contribution in [3.63, 3.8) is 0 Å². The van der Waals surface area contributed by atoms with Gasteiger partial charge in [0.15, 0.2) is 17.5 Å². The third-order valence-electron chi connectivity index (χ3n) is 9.35. The molecule has 6 aromatic carbocycles. The van der Waals surface area contributed by atoms with E-state index in [1.807, 2.05) is 66.9 Å². The number of para-hydroxylation sites is 3. The monoisotopic (exact) mass is 628 g/mol. The summed E-state index contributed by atoms with van der Waals surface area (Å²) in [5, 5.41) is 4.88. The van der Waals surface area contributed by atoms with Crippen LogP contribution in [-0.2, 0) is 0 Å². The summed E-state index contributed by atoms with van der Waals surface area (Å²) in [5.74, 6) is 1.86. The number of H-pyrrole nitrogens is 1. The highest BCUT2D eigenvalue weighted by Crippen LogP contribution is 2.40. The summed E-state index contributed by atoms with van der Waals surface area (Å²) in [7, 11) is 0. The van der Waals surface area contributed by atoms with Crippen LogP contribution in [0.3, 0.4) is 0 Å². The fraction of sp³-hybridized carbons (Fsp3) is 0. The van der Waals surface area contributed by atoms with Gasteiger partial charge < -0.3 is 14.1 Å². The molecule has 0 bridgehead atoms. The van der Waals surface area contributed by atoms with Crippen LogP contribution in [0, 0.1) is 0 Å². The number of hydrogen-bond donors (Lipinski definition) is 1. The quantitative estimate of drug-likeness (QED) is 0.206. The largest absolute Gasteiger partial charge is 0.357 e. The summed E-state index contributed by atoms with van der Waals surface area (Å²) in [4.78, 5) is 18.3. The Bertz CT molecular complexity index is 2750. The van der Waals surface area contributed by atoms with E-state index in [0.717, 1.165) is 44.7 Å². The molecule has 4 heterocycles. The minimum Gasteiger partial charge on any atom is -0.357 e. The highest BCUT2D eigenvalue weighted by atomic mass is 15.1. The van der Waals surface area contributed by atoms with Crippen molar-refractivity contribution in [1.82, 2.24) is 29.1 Å². The molecule has 49 heavy (non-hydrogen) atoms. The Morgan fingerprint density at radius 1 is 0.367 bits per heavy atom. The predicted octanol–water partition coefficient (Wildman–Crippen LogP) is 10.4. The number of rotatable bonds is 5. The minimum absolute atomic E-state index is 0.589. The van der Waals surface area contributed by atoms with Gasteiger partial charge in [-0.3, -0.25) is 0 Å². The van der Waals surface area contributed by atoms with Gasteiger partial charge in [-0.25, -0.2) is 15.0 Å². The molecule has 0 fully saturated rings. The molecule has 6 heteroatoms. The Morgan fingerprint density at radius 2 is 0.837 bits per heavy atom. The fourth-order valence-electron chi connectivity index (χ4n) is 7.13. The molecule has 1 N–H and O–H groups in total. The molecule has 6 nitrogen and oxygen atoms in total. The van der Waals surface area contributed by atoms with E-state index in [9.17, 15) is 0 Å². The van der Waals surface area contributed by atoms with E-state index in [1.54, 1.807) is 0 Å². The van der Waals surface area contributed by atoms with Crippen molar-refractivity contribution in [2.45, 2.75) is 0 Å². The zero-order valence-electron chi connectivity index (χ0n) is 26.3. The molecule has 0 amide bonds. The second-order valence-electron chi connectivity index (χ2n) is 12.2. The molecule has 0 aliphatic rings. The molecular weight excluding hydrogens is 601 g/mol. The van der Waals surface area contributed by atoms with Crippen LogP contribution in [-0.4, -0.2) is 29.1 Å². The van der Waals surface area contributed by atoms with Gasteiger partial charge in [-0.15, -0.1) is 0 Å². The van der Waals surface area contributed by atoms with Gasteiger partial charge in [-0.05, 0) is 42.5 Å². The maximum Gasteiger partial charge on any atom is 0.180 e. The van der Waals surface area contributed by atoms with Crippen molar-refractivity contribution in [1.29, 1.82) is 0 Å². The molecular formula is C43H28N6. The number of aromatic amines is 1. The maximum atomic E-state index is 4.96. The number of hydrogen-bond acceptors (Lipinski definition) is 3. The summed E-state index contributed by atoms with van der Waals surface area (Å²) in [6.45, 7) is 0. The third kappa shape index (κ3) is 4.38. The van der Waals surface area contributed by atoms with E-state index in [0.29, 0.717) is 17.5 Å². The Balaban J connectivity index is 1.20. The van der Waals surface area contributed by atoms with Gasteiger partial charge in [-0.1, -0.05) is 115 Å². The maximum absolute atomic E-state index is 4.96. The lowest BCUT2D eigenvalue weighted by atomic mass is 10.1. The third-order valence-corrected chi connectivity index (χ3v) is 9.35. The van der Waals surface area contributed by atoms with Gasteiger partial charge in [0.05, 0.1) is 33.4 Å². The number of benzene rings is 6. The van der Waals surface area contributed by atoms with Gasteiger partial charge in [-0.2, -0.15) is 0 Å². The molecule has 0 saturated carbocycles. The molecule has 0 atom stereocenters. The van der Waals surface area contributed by atoms with Crippen LogP contribution in [0.25, 0.3) is 89.3 Å². The molecule has 230 valence electrons. The Hall–Kier alpha value is -6.79. The molecule has 0 aliphatic carbocycles. The number of nitrogens with zero attached hydrogens (tertiary/aromatic N) is 5. The van der Waals surface area contributed by atoms with Crippen LogP contribution >= 0.6 is 0 Å². The minimum atomic E-state index is 0.589. The normalized spacial score (nSPS) is 11.7. The average Bonchev–Trinajstić information content (AvgIpc) is 3.87. The molecule has 0 saturated heterocycles. The second kappa shape index (κ2) is 10.9. The first kappa shape index (κ1) is 27.3. The molecule has 0 unspecified atom stereocenters. The zero-order chi connectivity index (χ0) is 32.3. The van der Waals surface area contributed by atoms with Gasteiger partial charge in [0.2, 0.25) is 0 Å². The highest BCUT2D eigenvalue weighted by molar-refractivity contribution is 6.19. The Morgan fingerprint density at radius 3 is 1.41 bits per heavy atom. The van der Waals surface area contributed by atoms with Crippen LogP contribution in [0.5, 0.6) is 0 Å². The van der Waals surface area contributed by atoms with Crippen molar-refractivity contribution >= 4 is 43.6 Å². The lowest BCUT2D eigenvalue weighted by Crippen LogP contribution is -2.00. The van der Waals surface area contributed by atoms with Gasteiger partial charge >= 0.3 is 0 Å². The summed E-state index contributed by atoms with van der Waals surface area (Å²) in [5.41, 5.74) is 9.46. The standard InChI is InChI=1S/C43H28N6/c1-4-14-28(15-5-1)41-45-42(29-16-6-2-7-17-29)47-43(46-41)36-24-31(27-44-36)49-38-23-13-11-21-33(38)35-25-34-32-20-10-12-22-37(32)48(39(34)26-40(35)49)30-18-8-3-9-19-30/h1-27,44H. The smallest absolute Gasteiger partial charge is 0.180 e. The topological polar surface area (TPSA) is 64.3 Å². The van der Waals surface area contributed by atoms with E-state index in [4.69, 9.17) is 15.0 Å². The fourth-order valence-corrected chi connectivity index (χ4v) is 7.13. The lowest BCUT2D eigenvalue weighted by molar-refractivity contribution is 1.06. The summed E-state index contributed by atoms with van der Waals surface area (Å²) in [6.07, 6.45) is 2.05. The highest BCUT2D eigenvalue weighted by Gasteiger charge is 2.20. The van der Waals surface area contributed by atoms with Gasteiger partial charge in [0.1, 0.15) is 0 Å². The van der Waals surface area contributed by atoms with Crippen molar-refractivity contribution in [3.8, 4) is 45.7 Å². The van der Waals surface area contributed by atoms with Crippen LogP contribution in [0.15, 0.2) is 164 Å². The van der Waals surface area contributed by atoms with Crippen molar-refractivity contribution < 1.29 is 0 Å². The SMILES string of the molecule is c1ccc(-c2nc(-c3ccccc3)nc(-c3cc(-n4c5ccccc5c5cc6c7ccccc7n(-c7ccccc7)c6cc54)c[nH]3)n2)cc1. The Labute approximate surface area is 281 Å². The van der Waals surface area contributed by atoms with Gasteiger partial charge in [0.25, 0.3) is 0 Å². The first-order valence-electron chi connectivity index (χ1n) is 16.4. The number of fused-ring (bicyclic) bond motifs is 6. The van der Waals surface area contributed by atoms with Crippen LogP contribution in [0.2, 0.25) is 0 Å². The first-order chi connectivity index (χ1) is 24.3. The van der Waals surface area contributed by atoms with E-state index >= 15 is 0 Å². The average molecular weight is 629 g/mol. The summed E-state index contributed by atoms with van der Waals surface area (Å²) in [6, 6.07) is 54.9. The molecule has 4 aromatic heterocycles. The van der Waals surface area contributed by atoms with Crippen molar-refractivity contribution in [3.05, 3.63) is 164 Å². The second-order valence-corrected chi connectivity index (χ2v) is 12.2. The first-order valence-corrected chi connectivity index (χ1v) is 16.4.